The largest absolute Gasteiger partial charge is 0.476 e. The van der Waals surface area contributed by atoms with Gasteiger partial charge in [-0.1, -0.05) is 0 Å². The van der Waals surface area contributed by atoms with Gasteiger partial charge in [-0.15, -0.1) is 0 Å². The van der Waals surface area contributed by atoms with E-state index in [9.17, 15) is 18.0 Å². The van der Waals surface area contributed by atoms with Crippen molar-refractivity contribution in [2.75, 3.05) is 0 Å². The van der Waals surface area contributed by atoms with Crippen LogP contribution in [0.4, 0.5) is 13.2 Å². The summed E-state index contributed by atoms with van der Waals surface area (Å²) in [5, 5.41) is 8.15. The Morgan fingerprint density at radius 1 is 1.19 bits per heavy atom. The number of carbonyl (C=O) groups is 1. The van der Waals surface area contributed by atoms with Crippen LogP contribution in [0.1, 0.15) is 10.5 Å². The average molecular weight is 227 g/mol. The number of pyridine rings is 1. The molecule has 0 amide bonds. The maximum atomic E-state index is 13.3. The van der Waals surface area contributed by atoms with Gasteiger partial charge in [-0.25, -0.2) is 22.9 Å². The topological polar surface area (TPSA) is 50.2 Å². The molecule has 1 heterocycles. The van der Waals surface area contributed by atoms with Crippen molar-refractivity contribution < 1.29 is 23.1 Å². The van der Waals surface area contributed by atoms with Gasteiger partial charge in [0.15, 0.2) is 23.1 Å². The molecule has 2 aromatic rings. The average Bonchev–Trinajstić information content (AvgIpc) is 2.25. The monoisotopic (exact) mass is 227 g/mol. The third-order valence-electron chi connectivity index (χ3n) is 2.10. The van der Waals surface area contributed by atoms with Crippen LogP contribution < -0.4 is 0 Å². The van der Waals surface area contributed by atoms with Crippen molar-refractivity contribution in [1.82, 2.24) is 4.98 Å². The molecule has 0 saturated heterocycles. The molecule has 3 nitrogen and oxygen atoms in total. The Kier molecular flexibility index (Phi) is 2.26. The van der Waals surface area contributed by atoms with E-state index < -0.39 is 29.1 Å². The van der Waals surface area contributed by atoms with Crippen molar-refractivity contribution in [1.29, 1.82) is 0 Å². The summed E-state index contributed by atoms with van der Waals surface area (Å²) in [6, 6.07) is 1.70. The minimum atomic E-state index is -1.63. The Bertz CT molecular complexity index is 598. The number of aromatic carboxylic acids is 1. The summed E-state index contributed by atoms with van der Waals surface area (Å²) in [7, 11) is 0. The summed E-state index contributed by atoms with van der Waals surface area (Å²) in [4.78, 5) is 14.2. The molecule has 6 heteroatoms. The van der Waals surface area contributed by atoms with Crippen molar-refractivity contribution in [2.45, 2.75) is 0 Å². The standard InChI is InChI=1S/C10H4F3NO2/c11-6-3-5-4(7(12)8(6)13)1-2-14-9(5)10(15)16/h1-3H,(H,15,16). The van der Waals surface area contributed by atoms with E-state index in [0.29, 0.717) is 6.07 Å². The van der Waals surface area contributed by atoms with Gasteiger partial charge in [-0.2, -0.15) is 0 Å². The molecule has 1 N–H and O–H groups in total. The SMILES string of the molecule is O=C(O)c1nccc2c(F)c(F)c(F)cc12. The smallest absolute Gasteiger partial charge is 0.355 e. The molecule has 2 rings (SSSR count). The number of hydrogen-bond acceptors (Lipinski definition) is 2. The van der Waals surface area contributed by atoms with E-state index in [4.69, 9.17) is 5.11 Å². The van der Waals surface area contributed by atoms with E-state index >= 15 is 0 Å². The second-order valence-electron chi connectivity index (χ2n) is 3.05. The Morgan fingerprint density at radius 3 is 2.50 bits per heavy atom. The Hall–Kier alpha value is -2.11. The van der Waals surface area contributed by atoms with Gasteiger partial charge in [-0.05, 0) is 12.1 Å². The van der Waals surface area contributed by atoms with Crippen molar-refractivity contribution in [2.24, 2.45) is 0 Å². The predicted octanol–water partition coefficient (Wildman–Crippen LogP) is 2.35. The Labute approximate surface area is 87.2 Å². The first-order valence-electron chi connectivity index (χ1n) is 4.18. The number of aromatic nitrogens is 1. The van der Waals surface area contributed by atoms with Crippen molar-refractivity contribution in [3.05, 3.63) is 41.5 Å². The number of nitrogens with zero attached hydrogens (tertiary/aromatic N) is 1. The second kappa shape index (κ2) is 3.48. The zero-order valence-corrected chi connectivity index (χ0v) is 7.67. The van der Waals surface area contributed by atoms with Crippen LogP contribution >= 0.6 is 0 Å². The van der Waals surface area contributed by atoms with Gasteiger partial charge in [0.1, 0.15) is 0 Å². The number of rotatable bonds is 1. The fourth-order valence-electron chi connectivity index (χ4n) is 1.39. The lowest BCUT2D eigenvalue weighted by Crippen LogP contribution is -2.03. The number of halogens is 3. The van der Waals surface area contributed by atoms with Gasteiger partial charge in [0.05, 0.1) is 0 Å². The first-order valence-corrected chi connectivity index (χ1v) is 4.18. The number of carboxylic acids is 1. The van der Waals surface area contributed by atoms with Gasteiger partial charge in [0, 0.05) is 17.0 Å². The lowest BCUT2D eigenvalue weighted by atomic mass is 10.1. The van der Waals surface area contributed by atoms with Gasteiger partial charge >= 0.3 is 5.97 Å². The van der Waals surface area contributed by atoms with E-state index in [0.717, 1.165) is 12.3 Å². The molecule has 0 saturated carbocycles. The minimum absolute atomic E-state index is 0.272. The van der Waals surface area contributed by atoms with Crippen LogP contribution in [0.2, 0.25) is 0 Å². The van der Waals surface area contributed by atoms with Crippen LogP contribution in [-0.4, -0.2) is 16.1 Å². The highest BCUT2D eigenvalue weighted by Crippen LogP contribution is 2.24. The quantitative estimate of drug-likeness (QED) is 0.760. The minimum Gasteiger partial charge on any atom is -0.476 e. The third kappa shape index (κ3) is 1.39. The lowest BCUT2D eigenvalue weighted by Gasteiger charge is -2.04. The maximum Gasteiger partial charge on any atom is 0.355 e. The lowest BCUT2D eigenvalue weighted by molar-refractivity contribution is 0.0693. The molecule has 0 radical (unpaired) electrons. The van der Waals surface area contributed by atoms with Crippen molar-refractivity contribution >= 4 is 16.7 Å². The van der Waals surface area contributed by atoms with Crippen LogP contribution in [0.5, 0.6) is 0 Å². The van der Waals surface area contributed by atoms with Gasteiger partial charge in [0.25, 0.3) is 0 Å². The zero-order valence-electron chi connectivity index (χ0n) is 7.67. The number of benzene rings is 1. The van der Waals surface area contributed by atoms with Gasteiger partial charge < -0.3 is 5.11 Å². The second-order valence-corrected chi connectivity index (χ2v) is 3.05. The molecule has 0 unspecified atom stereocenters. The highest BCUT2D eigenvalue weighted by atomic mass is 19.2. The van der Waals surface area contributed by atoms with Crippen LogP contribution in [-0.2, 0) is 0 Å². The summed E-state index contributed by atoms with van der Waals surface area (Å²) in [5.41, 5.74) is -0.518. The summed E-state index contributed by atoms with van der Waals surface area (Å²) < 4.78 is 39.1. The molecular weight excluding hydrogens is 223 g/mol. The molecule has 1 aromatic carbocycles. The molecule has 0 atom stereocenters. The first kappa shape index (κ1) is 10.4. The summed E-state index contributed by atoms with van der Waals surface area (Å²) in [6.07, 6.45) is 1.02. The summed E-state index contributed by atoms with van der Waals surface area (Å²) in [5.74, 6) is -5.92. The number of hydrogen-bond donors (Lipinski definition) is 1. The molecule has 0 aliphatic carbocycles. The van der Waals surface area contributed by atoms with E-state index in [1.165, 1.54) is 0 Å². The van der Waals surface area contributed by atoms with Crippen LogP contribution in [0, 0.1) is 17.5 Å². The molecular formula is C10H4F3NO2. The van der Waals surface area contributed by atoms with Crippen LogP contribution in [0.15, 0.2) is 18.3 Å². The summed E-state index contributed by atoms with van der Waals surface area (Å²) >= 11 is 0. The maximum absolute atomic E-state index is 13.3. The molecule has 1 aromatic heterocycles. The third-order valence-corrected chi connectivity index (χ3v) is 2.10. The molecule has 0 spiro atoms. The fourth-order valence-corrected chi connectivity index (χ4v) is 1.39. The normalized spacial score (nSPS) is 10.7. The Morgan fingerprint density at radius 2 is 1.88 bits per heavy atom. The highest BCUT2D eigenvalue weighted by molar-refractivity contribution is 6.01. The predicted molar refractivity (Wildman–Crippen MR) is 48.6 cm³/mol. The van der Waals surface area contributed by atoms with Crippen molar-refractivity contribution in [3.63, 3.8) is 0 Å². The van der Waals surface area contributed by atoms with Gasteiger partial charge in [-0.3, -0.25) is 0 Å². The highest BCUT2D eigenvalue weighted by Gasteiger charge is 2.18. The number of carboxylic acid groups (broad SMARTS) is 1. The molecule has 16 heavy (non-hydrogen) atoms. The zero-order chi connectivity index (χ0) is 11.9. The van der Waals surface area contributed by atoms with E-state index in [1.807, 2.05) is 0 Å². The molecule has 82 valence electrons. The summed E-state index contributed by atoms with van der Waals surface area (Å²) in [6.45, 7) is 0. The number of fused-ring (bicyclic) bond motifs is 1. The fraction of sp³-hybridized carbons (Fsp3) is 0. The van der Waals surface area contributed by atoms with Crippen molar-refractivity contribution in [3.8, 4) is 0 Å². The van der Waals surface area contributed by atoms with E-state index in [2.05, 4.69) is 4.98 Å². The van der Waals surface area contributed by atoms with Gasteiger partial charge in [0.2, 0.25) is 0 Å². The molecule has 0 fully saturated rings. The van der Waals surface area contributed by atoms with E-state index in [-0.39, 0.29) is 10.8 Å². The first-order chi connectivity index (χ1) is 7.52. The van der Waals surface area contributed by atoms with Crippen LogP contribution in [0.3, 0.4) is 0 Å². The molecule has 0 aliphatic heterocycles. The van der Waals surface area contributed by atoms with E-state index in [1.54, 1.807) is 0 Å². The molecule has 0 aliphatic rings. The Balaban J connectivity index is 2.95. The molecule has 0 bridgehead atoms. The van der Waals surface area contributed by atoms with Crippen LogP contribution in [0.25, 0.3) is 10.8 Å².